The maximum Gasteiger partial charge on any atom is 0.231 e. The molecule has 0 unspecified atom stereocenters. The molecule has 0 amide bonds. The lowest BCUT2D eigenvalue weighted by Crippen LogP contribution is -2.06. The molecule has 3 N–H and O–H groups in total. The fourth-order valence-electron chi connectivity index (χ4n) is 2.91. The summed E-state index contributed by atoms with van der Waals surface area (Å²) in [7, 11) is 0. The van der Waals surface area contributed by atoms with E-state index in [0.717, 1.165) is 32.7 Å². The van der Waals surface area contributed by atoms with Gasteiger partial charge in [0.2, 0.25) is 5.95 Å². The second-order valence-corrected chi connectivity index (χ2v) is 8.10. The first-order valence-corrected chi connectivity index (χ1v) is 11.2. The summed E-state index contributed by atoms with van der Waals surface area (Å²) in [6, 6.07) is 17.1. The Bertz CT molecular complexity index is 1230. The van der Waals surface area contributed by atoms with Crippen molar-refractivity contribution in [2.75, 3.05) is 16.2 Å². The minimum absolute atomic E-state index is 0.388. The van der Waals surface area contributed by atoms with Crippen LogP contribution in [0.4, 0.5) is 23.3 Å². The Labute approximate surface area is 205 Å². The third-order valence-corrected chi connectivity index (χ3v) is 5.17. The van der Waals surface area contributed by atoms with Gasteiger partial charge in [0.1, 0.15) is 0 Å². The van der Waals surface area contributed by atoms with Crippen molar-refractivity contribution < 1.29 is 0 Å². The Morgan fingerprint density at radius 2 is 1.26 bits per heavy atom. The number of rotatable bonds is 8. The van der Waals surface area contributed by atoms with Gasteiger partial charge in [-0.1, -0.05) is 22.0 Å². The van der Waals surface area contributed by atoms with Crippen molar-refractivity contribution in [1.82, 2.24) is 19.9 Å². The number of pyridine rings is 2. The van der Waals surface area contributed by atoms with Gasteiger partial charge in [0.15, 0.2) is 11.6 Å². The van der Waals surface area contributed by atoms with Crippen LogP contribution >= 0.6 is 15.9 Å². The number of hydrogen-bond acceptors (Lipinski definition) is 9. The van der Waals surface area contributed by atoms with E-state index in [0.29, 0.717) is 17.6 Å². The number of nitrogens with zero attached hydrogens (tertiary/aromatic N) is 6. The van der Waals surface area contributed by atoms with Crippen molar-refractivity contribution >= 4 is 50.6 Å². The van der Waals surface area contributed by atoms with Crippen molar-refractivity contribution in [3.63, 3.8) is 0 Å². The molecule has 170 valence electrons. The standard InChI is InChI=1S/C24H22BrN9/c1-16(18-6-10-26-11-7-18)31-33-22-15-23(34-32-17(2)19-8-12-27-13-9-19)30-24(29-22)28-21-5-3-4-20(25)14-21/h3-15H,1-2H3,(H3,28,29,30,33,34). The quantitative estimate of drug-likeness (QED) is 0.211. The van der Waals surface area contributed by atoms with Gasteiger partial charge in [-0.05, 0) is 56.3 Å². The van der Waals surface area contributed by atoms with Crippen molar-refractivity contribution in [3.05, 3.63) is 95.0 Å². The lowest BCUT2D eigenvalue weighted by atomic mass is 10.2. The summed E-state index contributed by atoms with van der Waals surface area (Å²) in [6.07, 6.45) is 6.91. The van der Waals surface area contributed by atoms with Crippen molar-refractivity contribution in [2.45, 2.75) is 13.8 Å². The van der Waals surface area contributed by atoms with Crippen LogP contribution in [0.5, 0.6) is 0 Å². The molecule has 0 aliphatic heterocycles. The van der Waals surface area contributed by atoms with Crippen LogP contribution in [0.3, 0.4) is 0 Å². The number of anilines is 4. The molecule has 0 aliphatic rings. The van der Waals surface area contributed by atoms with E-state index >= 15 is 0 Å². The highest BCUT2D eigenvalue weighted by atomic mass is 79.9. The predicted molar refractivity (Wildman–Crippen MR) is 140 cm³/mol. The highest BCUT2D eigenvalue weighted by Gasteiger charge is 2.07. The second-order valence-electron chi connectivity index (χ2n) is 7.19. The Kier molecular flexibility index (Phi) is 7.51. The normalized spacial score (nSPS) is 11.7. The maximum atomic E-state index is 4.54. The van der Waals surface area contributed by atoms with Gasteiger partial charge in [-0.2, -0.15) is 20.2 Å². The van der Waals surface area contributed by atoms with Crippen molar-refractivity contribution in [2.24, 2.45) is 10.2 Å². The van der Waals surface area contributed by atoms with Gasteiger partial charge in [-0.3, -0.25) is 20.8 Å². The van der Waals surface area contributed by atoms with Gasteiger partial charge in [-0.25, -0.2) is 0 Å². The monoisotopic (exact) mass is 515 g/mol. The van der Waals surface area contributed by atoms with Crippen LogP contribution in [0.15, 0.2) is 94.1 Å². The summed E-state index contributed by atoms with van der Waals surface area (Å²) in [5.74, 6) is 1.39. The van der Waals surface area contributed by atoms with Crippen molar-refractivity contribution in [1.29, 1.82) is 0 Å². The summed E-state index contributed by atoms with van der Waals surface area (Å²) in [4.78, 5) is 17.2. The molecule has 0 saturated carbocycles. The number of benzene rings is 1. The number of halogens is 1. The third-order valence-electron chi connectivity index (χ3n) is 4.68. The van der Waals surface area contributed by atoms with E-state index in [1.807, 2.05) is 62.4 Å². The Morgan fingerprint density at radius 1 is 0.735 bits per heavy atom. The predicted octanol–water partition coefficient (Wildman–Crippen LogP) is 5.44. The van der Waals surface area contributed by atoms with Crippen LogP contribution in [-0.2, 0) is 0 Å². The number of aromatic nitrogens is 4. The number of nitrogens with one attached hydrogen (secondary N) is 3. The van der Waals surface area contributed by atoms with Gasteiger partial charge in [0.05, 0.1) is 11.4 Å². The van der Waals surface area contributed by atoms with Crippen LogP contribution in [0.2, 0.25) is 0 Å². The average Bonchev–Trinajstić information content (AvgIpc) is 2.87. The van der Waals surface area contributed by atoms with E-state index in [9.17, 15) is 0 Å². The molecule has 0 atom stereocenters. The minimum atomic E-state index is 0.388. The Morgan fingerprint density at radius 3 is 1.76 bits per heavy atom. The molecule has 0 bridgehead atoms. The van der Waals surface area contributed by atoms with Gasteiger partial charge >= 0.3 is 0 Å². The zero-order valence-corrected chi connectivity index (χ0v) is 20.2. The Balaban J connectivity index is 1.60. The Hall–Kier alpha value is -4.18. The van der Waals surface area contributed by atoms with E-state index in [2.05, 4.69) is 62.2 Å². The minimum Gasteiger partial charge on any atom is -0.324 e. The second kappa shape index (κ2) is 11.1. The SMILES string of the molecule is CC(=NNc1cc(NN=C(C)c2ccncc2)nc(Nc2cccc(Br)c2)n1)c1ccncc1. The molecule has 10 heteroatoms. The largest absolute Gasteiger partial charge is 0.324 e. The summed E-state index contributed by atoms with van der Waals surface area (Å²) in [5, 5.41) is 12.1. The average molecular weight is 516 g/mol. The van der Waals surface area contributed by atoms with Gasteiger partial charge in [-0.15, -0.1) is 0 Å². The lowest BCUT2D eigenvalue weighted by Gasteiger charge is -2.10. The van der Waals surface area contributed by atoms with Crippen molar-refractivity contribution in [3.8, 4) is 0 Å². The third kappa shape index (κ3) is 6.42. The van der Waals surface area contributed by atoms with E-state index in [1.54, 1.807) is 30.9 Å². The molecule has 9 nitrogen and oxygen atoms in total. The first-order chi connectivity index (χ1) is 16.6. The number of hydrazone groups is 2. The molecule has 4 aromatic rings. The molecule has 3 aromatic heterocycles. The fraction of sp³-hybridized carbons (Fsp3) is 0.0833. The zero-order chi connectivity index (χ0) is 23.8. The van der Waals surface area contributed by atoms with Crippen LogP contribution in [0.25, 0.3) is 0 Å². The topological polar surface area (TPSA) is 112 Å². The lowest BCUT2D eigenvalue weighted by molar-refractivity contribution is 1.12. The number of hydrogen-bond donors (Lipinski definition) is 3. The van der Waals surface area contributed by atoms with E-state index in [-0.39, 0.29) is 0 Å². The van der Waals surface area contributed by atoms with Crippen LogP contribution < -0.4 is 16.2 Å². The molecule has 34 heavy (non-hydrogen) atoms. The van der Waals surface area contributed by atoms with E-state index < -0.39 is 0 Å². The molecule has 0 spiro atoms. The summed E-state index contributed by atoms with van der Waals surface area (Å²) >= 11 is 3.48. The van der Waals surface area contributed by atoms with Crippen LogP contribution in [0.1, 0.15) is 25.0 Å². The fourth-order valence-corrected chi connectivity index (χ4v) is 3.31. The summed E-state index contributed by atoms with van der Waals surface area (Å²) in [6.45, 7) is 3.82. The molecule has 0 fully saturated rings. The van der Waals surface area contributed by atoms with Gasteiger partial charge < -0.3 is 5.32 Å². The van der Waals surface area contributed by atoms with E-state index in [1.165, 1.54) is 0 Å². The summed E-state index contributed by atoms with van der Waals surface area (Å²) < 4.78 is 0.945. The van der Waals surface area contributed by atoms with Gasteiger partial charge in [0.25, 0.3) is 0 Å². The van der Waals surface area contributed by atoms with Crippen LogP contribution in [-0.4, -0.2) is 31.4 Å². The first kappa shape index (κ1) is 23.0. The van der Waals surface area contributed by atoms with Crippen LogP contribution in [0, 0.1) is 0 Å². The highest BCUT2D eigenvalue weighted by Crippen LogP contribution is 2.21. The molecular weight excluding hydrogens is 494 g/mol. The molecule has 3 heterocycles. The smallest absolute Gasteiger partial charge is 0.231 e. The first-order valence-electron chi connectivity index (χ1n) is 10.4. The summed E-state index contributed by atoms with van der Waals surface area (Å²) in [5.41, 5.74) is 10.4. The van der Waals surface area contributed by atoms with Gasteiger partial charge in [0, 0.05) is 52.1 Å². The maximum absolute atomic E-state index is 4.54. The molecule has 0 radical (unpaired) electrons. The molecule has 0 aliphatic carbocycles. The molecule has 1 aromatic carbocycles. The zero-order valence-electron chi connectivity index (χ0n) is 18.6. The van der Waals surface area contributed by atoms with E-state index in [4.69, 9.17) is 0 Å². The molecular formula is C24H22BrN9. The highest BCUT2D eigenvalue weighted by molar-refractivity contribution is 9.10. The molecule has 4 rings (SSSR count). The molecule has 0 saturated heterocycles.